The van der Waals surface area contributed by atoms with Crippen molar-refractivity contribution < 1.29 is 28.1 Å². The average Bonchev–Trinajstić information content (AvgIpc) is 2.92. The molecule has 1 amide bonds. The van der Waals surface area contributed by atoms with Crippen LogP contribution in [0.25, 0.3) is 0 Å². The number of nitrogens with zero attached hydrogens (tertiary/aromatic N) is 1. The number of para-hydroxylation sites is 1. The lowest BCUT2D eigenvalue weighted by Gasteiger charge is -2.26. The molecule has 0 radical (unpaired) electrons. The molecule has 0 aliphatic carbocycles. The second kappa shape index (κ2) is 13.2. The maximum absolute atomic E-state index is 14.4. The van der Waals surface area contributed by atoms with Gasteiger partial charge in [-0.05, 0) is 61.6 Å². The molecule has 1 heterocycles. The van der Waals surface area contributed by atoms with Gasteiger partial charge < -0.3 is 23.8 Å². The maximum Gasteiger partial charge on any atom is 0.224 e. The zero-order valence-corrected chi connectivity index (χ0v) is 21.5. The second-order valence-electron chi connectivity index (χ2n) is 8.94. The second-order valence-corrected chi connectivity index (χ2v) is 8.94. The summed E-state index contributed by atoms with van der Waals surface area (Å²) in [7, 11) is 0. The van der Waals surface area contributed by atoms with Crippen molar-refractivity contribution in [2.75, 3.05) is 24.7 Å². The summed E-state index contributed by atoms with van der Waals surface area (Å²) in [5, 5.41) is 0. The molecule has 0 bridgehead atoms. The van der Waals surface area contributed by atoms with Crippen LogP contribution in [0.1, 0.15) is 44.2 Å². The largest absolute Gasteiger partial charge is 0.491 e. The molecule has 4 rings (SSSR count). The normalized spacial score (nSPS) is 15.3. The van der Waals surface area contributed by atoms with Gasteiger partial charge in [0.2, 0.25) is 5.91 Å². The molecule has 1 fully saturated rings. The number of carbonyl (C=O) groups excluding carboxylic acids is 1. The SMILES string of the molecule is CCc1ccc(OCCOC2CCCCO2)c(CN(C(C)=O)c2cc(F)ccc2Oc2ccccc2)c1. The Bertz CT molecular complexity index is 1160. The van der Waals surface area contributed by atoms with Crippen LogP contribution in [0.4, 0.5) is 10.1 Å². The van der Waals surface area contributed by atoms with Crippen molar-refractivity contribution in [3.05, 3.63) is 83.7 Å². The molecule has 196 valence electrons. The van der Waals surface area contributed by atoms with Crippen LogP contribution in [0.3, 0.4) is 0 Å². The first-order valence-electron chi connectivity index (χ1n) is 12.8. The van der Waals surface area contributed by atoms with Crippen LogP contribution in [-0.4, -0.2) is 32.0 Å². The Balaban J connectivity index is 1.54. The van der Waals surface area contributed by atoms with Crippen molar-refractivity contribution in [1.82, 2.24) is 0 Å². The summed E-state index contributed by atoms with van der Waals surface area (Å²) >= 11 is 0. The van der Waals surface area contributed by atoms with Crippen molar-refractivity contribution in [1.29, 1.82) is 0 Å². The molecule has 1 saturated heterocycles. The number of ether oxygens (including phenoxy) is 4. The van der Waals surface area contributed by atoms with Gasteiger partial charge in [-0.15, -0.1) is 0 Å². The van der Waals surface area contributed by atoms with Crippen LogP contribution in [0.2, 0.25) is 0 Å². The van der Waals surface area contributed by atoms with Crippen LogP contribution in [0, 0.1) is 5.82 Å². The fourth-order valence-electron chi connectivity index (χ4n) is 4.23. The van der Waals surface area contributed by atoms with Gasteiger partial charge in [0.25, 0.3) is 0 Å². The number of aryl methyl sites for hydroxylation is 1. The molecule has 3 aromatic carbocycles. The number of rotatable bonds is 11. The van der Waals surface area contributed by atoms with Gasteiger partial charge >= 0.3 is 0 Å². The molecular weight excluding hydrogens is 473 g/mol. The predicted molar refractivity (Wildman–Crippen MR) is 141 cm³/mol. The minimum absolute atomic E-state index is 0.177. The molecular formula is C30H34FNO5. The van der Waals surface area contributed by atoms with Crippen LogP contribution in [-0.2, 0) is 27.2 Å². The Morgan fingerprint density at radius 3 is 2.57 bits per heavy atom. The molecule has 0 aromatic heterocycles. The zero-order chi connectivity index (χ0) is 26.0. The van der Waals surface area contributed by atoms with Gasteiger partial charge in [-0.25, -0.2) is 4.39 Å². The third-order valence-corrected chi connectivity index (χ3v) is 6.21. The Morgan fingerprint density at radius 1 is 1.03 bits per heavy atom. The van der Waals surface area contributed by atoms with Crippen molar-refractivity contribution in [2.45, 2.75) is 52.4 Å². The minimum Gasteiger partial charge on any atom is -0.491 e. The van der Waals surface area contributed by atoms with Crippen molar-refractivity contribution in [2.24, 2.45) is 0 Å². The van der Waals surface area contributed by atoms with E-state index in [1.165, 1.54) is 30.0 Å². The topological polar surface area (TPSA) is 57.2 Å². The van der Waals surface area contributed by atoms with E-state index < -0.39 is 5.82 Å². The molecule has 0 spiro atoms. The first-order chi connectivity index (χ1) is 18.0. The number of halogens is 1. The first kappa shape index (κ1) is 26.6. The molecule has 1 atom stereocenters. The lowest BCUT2D eigenvalue weighted by Crippen LogP contribution is -2.29. The van der Waals surface area contributed by atoms with Crippen LogP contribution in [0.15, 0.2) is 66.7 Å². The molecule has 37 heavy (non-hydrogen) atoms. The standard InChI is InChI=1S/C30H34FNO5/c1-3-23-12-14-28(34-17-18-36-30-11-7-8-16-35-30)24(19-23)21-32(22(2)33)27-20-25(31)13-15-29(27)37-26-9-5-4-6-10-26/h4-6,9-10,12-15,19-20,30H,3,7-8,11,16-18,21H2,1-2H3. The lowest BCUT2D eigenvalue weighted by molar-refractivity contribution is -0.165. The van der Waals surface area contributed by atoms with Crippen molar-refractivity contribution in [3.8, 4) is 17.2 Å². The van der Waals surface area contributed by atoms with Crippen LogP contribution < -0.4 is 14.4 Å². The van der Waals surface area contributed by atoms with E-state index in [0.717, 1.165) is 43.4 Å². The third-order valence-electron chi connectivity index (χ3n) is 6.21. The van der Waals surface area contributed by atoms with E-state index in [-0.39, 0.29) is 18.7 Å². The lowest BCUT2D eigenvalue weighted by atomic mass is 10.1. The van der Waals surface area contributed by atoms with E-state index in [1.54, 1.807) is 0 Å². The van der Waals surface area contributed by atoms with Gasteiger partial charge in [-0.2, -0.15) is 0 Å². The van der Waals surface area contributed by atoms with E-state index in [2.05, 4.69) is 6.92 Å². The molecule has 3 aromatic rings. The highest BCUT2D eigenvalue weighted by molar-refractivity contribution is 5.93. The van der Waals surface area contributed by atoms with E-state index in [4.69, 9.17) is 18.9 Å². The number of anilines is 1. The summed E-state index contributed by atoms with van der Waals surface area (Å²) < 4.78 is 37.9. The predicted octanol–water partition coefficient (Wildman–Crippen LogP) is 6.66. The smallest absolute Gasteiger partial charge is 0.224 e. The number of amides is 1. The highest BCUT2D eigenvalue weighted by Crippen LogP contribution is 2.35. The Labute approximate surface area is 217 Å². The number of hydrogen-bond acceptors (Lipinski definition) is 5. The highest BCUT2D eigenvalue weighted by atomic mass is 19.1. The van der Waals surface area contributed by atoms with E-state index in [9.17, 15) is 9.18 Å². The summed E-state index contributed by atoms with van der Waals surface area (Å²) in [4.78, 5) is 14.3. The van der Waals surface area contributed by atoms with Gasteiger partial charge in [0.1, 0.15) is 23.9 Å². The molecule has 1 aliphatic rings. The molecule has 0 saturated carbocycles. The summed E-state index contributed by atoms with van der Waals surface area (Å²) in [6, 6.07) is 19.3. The first-order valence-corrected chi connectivity index (χ1v) is 12.8. The van der Waals surface area contributed by atoms with Gasteiger partial charge in [0.05, 0.1) is 18.8 Å². The van der Waals surface area contributed by atoms with E-state index >= 15 is 0 Å². The van der Waals surface area contributed by atoms with Gasteiger partial charge in [0, 0.05) is 25.2 Å². The Kier molecular flexibility index (Phi) is 9.52. The van der Waals surface area contributed by atoms with Gasteiger partial charge in [-0.1, -0.05) is 37.3 Å². The van der Waals surface area contributed by atoms with E-state index in [1.807, 2.05) is 48.5 Å². The summed E-state index contributed by atoms with van der Waals surface area (Å²) in [6.45, 7) is 5.19. The number of carbonyl (C=O) groups is 1. The quantitative estimate of drug-likeness (QED) is 0.272. The number of hydrogen-bond donors (Lipinski definition) is 0. The summed E-state index contributed by atoms with van der Waals surface area (Å²) in [6.07, 6.45) is 3.72. The Hall–Kier alpha value is -3.42. The monoisotopic (exact) mass is 507 g/mol. The molecule has 1 unspecified atom stereocenters. The summed E-state index contributed by atoms with van der Waals surface area (Å²) in [5.74, 6) is 0.936. The fraction of sp³-hybridized carbons (Fsp3) is 0.367. The van der Waals surface area contributed by atoms with Gasteiger partial charge in [0.15, 0.2) is 12.0 Å². The van der Waals surface area contributed by atoms with E-state index in [0.29, 0.717) is 36.1 Å². The molecule has 6 nitrogen and oxygen atoms in total. The highest BCUT2D eigenvalue weighted by Gasteiger charge is 2.21. The third kappa shape index (κ3) is 7.54. The summed E-state index contributed by atoms with van der Waals surface area (Å²) in [5.41, 5.74) is 2.28. The van der Waals surface area contributed by atoms with Gasteiger partial charge in [-0.3, -0.25) is 4.79 Å². The zero-order valence-electron chi connectivity index (χ0n) is 21.5. The molecule has 0 N–H and O–H groups in total. The molecule has 1 aliphatic heterocycles. The average molecular weight is 508 g/mol. The minimum atomic E-state index is -0.456. The van der Waals surface area contributed by atoms with Crippen LogP contribution in [0.5, 0.6) is 17.2 Å². The van der Waals surface area contributed by atoms with Crippen molar-refractivity contribution in [3.63, 3.8) is 0 Å². The van der Waals surface area contributed by atoms with Crippen LogP contribution >= 0.6 is 0 Å². The van der Waals surface area contributed by atoms with Crippen molar-refractivity contribution >= 4 is 11.6 Å². The fourth-order valence-corrected chi connectivity index (χ4v) is 4.23. The maximum atomic E-state index is 14.4. The Morgan fingerprint density at radius 2 is 1.84 bits per heavy atom. The molecule has 7 heteroatoms. The number of benzene rings is 3.